The summed E-state index contributed by atoms with van der Waals surface area (Å²) in [5.74, 6) is 1.56. The number of anilines is 1. The van der Waals surface area contributed by atoms with Gasteiger partial charge in [0.2, 0.25) is 12.7 Å². The molecule has 0 spiro atoms. The molecule has 5 rings (SSSR count). The third-order valence-corrected chi connectivity index (χ3v) is 5.71. The Morgan fingerprint density at radius 3 is 2.71 bits per heavy atom. The van der Waals surface area contributed by atoms with E-state index in [0.717, 1.165) is 25.9 Å². The van der Waals surface area contributed by atoms with Gasteiger partial charge in [-0.3, -0.25) is 19.1 Å². The zero-order chi connectivity index (χ0) is 21.2. The smallest absolute Gasteiger partial charge is 0.261 e. The van der Waals surface area contributed by atoms with Crippen LogP contribution in [0.5, 0.6) is 11.5 Å². The van der Waals surface area contributed by atoms with E-state index in [1.807, 2.05) is 18.2 Å². The molecular weight excluding hydrogens is 396 g/mol. The van der Waals surface area contributed by atoms with Crippen molar-refractivity contribution in [2.45, 2.75) is 32.4 Å². The molecule has 0 unspecified atom stereocenters. The van der Waals surface area contributed by atoms with Crippen molar-refractivity contribution in [2.24, 2.45) is 0 Å². The number of hydrogen-bond donors (Lipinski definition) is 1. The number of aromatic nitrogens is 2. The third kappa shape index (κ3) is 4.11. The average Bonchev–Trinajstić information content (AvgIpc) is 3.25. The van der Waals surface area contributed by atoms with Crippen molar-refractivity contribution < 1.29 is 14.3 Å². The van der Waals surface area contributed by atoms with Gasteiger partial charge in [0, 0.05) is 11.8 Å². The number of benzene rings is 2. The third-order valence-electron chi connectivity index (χ3n) is 5.71. The van der Waals surface area contributed by atoms with E-state index in [-0.39, 0.29) is 24.8 Å². The number of fused-ring (bicyclic) bond motifs is 2. The van der Waals surface area contributed by atoms with Crippen molar-refractivity contribution in [3.05, 3.63) is 58.6 Å². The molecule has 0 radical (unpaired) electrons. The molecule has 0 saturated carbocycles. The SMILES string of the molecule is O=C(Cn1c(CN2CCCCC2)nc2ccccc2c1=O)Nc1ccc2c(c1)OCO2. The summed E-state index contributed by atoms with van der Waals surface area (Å²) < 4.78 is 12.2. The van der Waals surface area contributed by atoms with Crippen LogP contribution in [0.3, 0.4) is 0 Å². The molecule has 160 valence electrons. The fraction of sp³-hybridized carbons (Fsp3) is 0.348. The van der Waals surface area contributed by atoms with Gasteiger partial charge in [0.05, 0.1) is 17.4 Å². The van der Waals surface area contributed by atoms with Gasteiger partial charge in [-0.2, -0.15) is 0 Å². The van der Waals surface area contributed by atoms with E-state index in [0.29, 0.717) is 40.5 Å². The molecule has 8 heteroatoms. The van der Waals surface area contributed by atoms with Gasteiger partial charge in [0.15, 0.2) is 11.5 Å². The minimum Gasteiger partial charge on any atom is -0.454 e. The Hall–Kier alpha value is -3.39. The number of rotatable bonds is 5. The molecule has 1 saturated heterocycles. The first kappa shape index (κ1) is 19.6. The number of hydrogen-bond acceptors (Lipinski definition) is 6. The monoisotopic (exact) mass is 420 g/mol. The number of nitrogens with one attached hydrogen (secondary N) is 1. The van der Waals surface area contributed by atoms with Crippen molar-refractivity contribution in [1.82, 2.24) is 14.5 Å². The summed E-state index contributed by atoms with van der Waals surface area (Å²) in [6.45, 7) is 2.58. The lowest BCUT2D eigenvalue weighted by molar-refractivity contribution is -0.116. The second kappa shape index (κ2) is 8.39. The van der Waals surface area contributed by atoms with Crippen molar-refractivity contribution >= 4 is 22.5 Å². The summed E-state index contributed by atoms with van der Waals surface area (Å²) >= 11 is 0. The number of carbonyl (C=O) groups is 1. The molecule has 0 aliphatic carbocycles. The van der Waals surface area contributed by atoms with E-state index in [1.165, 1.54) is 11.0 Å². The van der Waals surface area contributed by atoms with E-state index in [2.05, 4.69) is 10.2 Å². The molecule has 8 nitrogen and oxygen atoms in total. The van der Waals surface area contributed by atoms with E-state index in [1.54, 1.807) is 24.3 Å². The Morgan fingerprint density at radius 2 is 1.84 bits per heavy atom. The van der Waals surface area contributed by atoms with Crippen LogP contribution in [0.1, 0.15) is 25.1 Å². The maximum Gasteiger partial charge on any atom is 0.261 e. The van der Waals surface area contributed by atoms with Crippen molar-refractivity contribution in [3.8, 4) is 11.5 Å². The summed E-state index contributed by atoms with van der Waals surface area (Å²) in [7, 11) is 0. The highest BCUT2D eigenvalue weighted by atomic mass is 16.7. The molecule has 1 fully saturated rings. The van der Waals surface area contributed by atoms with E-state index in [4.69, 9.17) is 14.5 Å². The van der Waals surface area contributed by atoms with Gasteiger partial charge in [-0.15, -0.1) is 0 Å². The number of ether oxygens (including phenoxy) is 2. The first-order valence-corrected chi connectivity index (χ1v) is 10.6. The maximum atomic E-state index is 13.2. The molecule has 0 atom stereocenters. The number of piperidine rings is 1. The Bertz CT molecular complexity index is 1180. The summed E-state index contributed by atoms with van der Waals surface area (Å²) in [5, 5.41) is 3.37. The summed E-state index contributed by atoms with van der Waals surface area (Å²) in [6, 6.07) is 12.5. The number of carbonyl (C=O) groups excluding carboxylic acids is 1. The highest BCUT2D eigenvalue weighted by molar-refractivity contribution is 5.91. The van der Waals surface area contributed by atoms with Crippen LogP contribution >= 0.6 is 0 Å². The summed E-state index contributed by atoms with van der Waals surface area (Å²) in [4.78, 5) is 33.1. The summed E-state index contributed by atoms with van der Waals surface area (Å²) in [6.07, 6.45) is 3.51. The quantitative estimate of drug-likeness (QED) is 0.683. The molecule has 2 aliphatic heterocycles. The lowest BCUT2D eigenvalue weighted by atomic mass is 10.1. The highest BCUT2D eigenvalue weighted by Crippen LogP contribution is 2.34. The van der Waals surface area contributed by atoms with Crippen LogP contribution in [-0.2, 0) is 17.9 Å². The first-order valence-electron chi connectivity index (χ1n) is 10.6. The Labute approximate surface area is 179 Å². The van der Waals surface area contributed by atoms with Gasteiger partial charge in [-0.1, -0.05) is 18.6 Å². The van der Waals surface area contributed by atoms with Crippen molar-refractivity contribution in [3.63, 3.8) is 0 Å². The van der Waals surface area contributed by atoms with Gasteiger partial charge in [0.25, 0.3) is 5.56 Å². The lowest BCUT2D eigenvalue weighted by Gasteiger charge is -2.27. The van der Waals surface area contributed by atoms with Crippen LogP contribution in [-0.4, -0.2) is 40.2 Å². The Morgan fingerprint density at radius 1 is 1.03 bits per heavy atom. The standard InChI is InChI=1S/C23H24N4O4/c28-22(24-16-8-9-19-20(12-16)31-15-30-19)14-27-21(13-26-10-4-1-5-11-26)25-18-7-3-2-6-17(18)23(27)29/h2-3,6-9,12H,1,4-5,10-11,13-15H2,(H,24,28). The second-order valence-electron chi connectivity index (χ2n) is 7.89. The molecule has 31 heavy (non-hydrogen) atoms. The Kier molecular flexibility index (Phi) is 5.30. The number of likely N-dealkylation sites (tertiary alicyclic amines) is 1. The number of para-hydroxylation sites is 1. The first-order chi connectivity index (χ1) is 15.2. The normalized spacial score (nSPS) is 15.9. The Balaban J connectivity index is 1.42. The topological polar surface area (TPSA) is 85.7 Å². The van der Waals surface area contributed by atoms with Gasteiger partial charge in [-0.05, 0) is 50.2 Å². The van der Waals surface area contributed by atoms with Gasteiger partial charge in [0.1, 0.15) is 12.4 Å². The molecule has 3 heterocycles. The molecule has 2 aromatic carbocycles. The van der Waals surface area contributed by atoms with Gasteiger partial charge >= 0.3 is 0 Å². The lowest BCUT2D eigenvalue weighted by Crippen LogP contribution is -2.36. The molecule has 3 aromatic rings. The maximum absolute atomic E-state index is 13.2. The van der Waals surface area contributed by atoms with Gasteiger partial charge < -0.3 is 14.8 Å². The highest BCUT2D eigenvalue weighted by Gasteiger charge is 2.19. The molecule has 1 N–H and O–H groups in total. The molecule has 1 amide bonds. The van der Waals surface area contributed by atoms with E-state index in [9.17, 15) is 9.59 Å². The van der Waals surface area contributed by atoms with Crippen LogP contribution in [0, 0.1) is 0 Å². The molecule has 0 bridgehead atoms. The van der Waals surface area contributed by atoms with E-state index >= 15 is 0 Å². The fourth-order valence-electron chi connectivity index (χ4n) is 4.13. The van der Waals surface area contributed by atoms with Crippen LogP contribution in [0.25, 0.3) is 10.9 Å². The van der Waals surface area contributed by atoms with Crippen molar-refractivity contribution in [2.75, 3.05) is 25.2 Å². The van der Waals surface area contributed by atoms with E-state index < -0.39 is 0 Å². The molecular formula is C23H24N4O4. The predicted octanol–water partition coefficient (Wildman–Crippen LogP) is 2.75. The summed E-state index contributed by atoms with van der Waals surface area (Å²) in [5.41, 5.74) is 1.05. The second-order valence-corrected chi connectivity index (χ2v) is 7.89. The van der Waals surface area contributed by atoms with Crippen LogP contribution < -0.4 is 20.3 Å². The fourth-order valence-corrected chi connectivity index (χ4v) is 4.13. The number of amides is 1. The largest absolute Gasteiger partial charge is 0.454 e. The molecule has 1 aromatic heterocycles. The zero-order valence-electron chi connectivity index (χ0n) is 17.2. The van der Waals surface area contributed by atoms with Crippen molar-refractivity contribution in [1.29, 1.82) is 0 Å². The minimum absolute atomic E-state index is 0.103. The zero-order valence-corrected chi connectivity index (χ0v) is 17.2. The van der Waals surface area contributed by atoms with Crippen LogP contribution in [0.4, 0.5) is 5.69 Å². The minimum atomic E-state index is -0.294. The molecule has 2 aliphatic rings. The van der Waals surface area contributed by atoms with Crippen LogP contribution in [0.15, 0.2) is 47.3 Å². The average molecular weight is 420 g/mol. The number of nitrogens with zero attached hydrogens (tertiary/aromatic N) is 3. The predicted molar refractivity (Wildman–Crippen MR) is 116 cm³/mol. The van der Waals surface area contributed by atoms with Gasteiger partial charge in [-0.25, -0.2) is 4.98 Å². The van der Waals surface area contributed by atoms with Crippen LogP contribution in [0.2, 0.25) is 0 Å².